The van der Waals surface area contributed by atoms with Gasteiger partial charge in [-0.25, -0.2) is 0 Å². The van der Waals surface area contributed by atoms with Crippen molar-refractivity contribution in [2.45, 2.75) is 12.6 Å². The highest BCUT2D eigenvalue weighted by Crippen LogP contribution is 2.30. The summed E-state index contributed by atoms with van der Waals surface area (Å²) >= 11 is 0. The van der Waals surface area contributed by atoms with E-state index < -0.39 is 6.04 Å². The normalized spacial score (nSPS) is 11.6. The maximum Gasteiger partial charge on any atom is 0.246 e. The minimum atomic E-state index is -0.486. The molecule has 1 amide bonds. The number of likely N-dealkylation sites (N-methyl/N-ethyl adjacent to an activating group) is 1. The smallest absolute Gasteiger partial charge is 0.246 e. The number of nitrogens with zero attached hydrogens (tertiary/aromatic N) is 1. The molecule has 0 fully saturated rings. The number of ether oxygens (including phenoxy) is 3. The number of hydrogen-bond donors (Lipinski definition) is 1. The van der Waals surface area contributed by atoms with E-state index in [0.717, 1.165) is 11.1 Å². The third kappa shape index (κ3) is 5.55. The van der Waals surface area contributed by atoms with E-state index in [2.05, 4.69) is 5.32 Å². The molecule has 0 saturated carbocycles. The van der Waals surface area contributed by atoms with Crippen LogP contribution in [0, 0.1) is 0 Å². The summed E-state index contributed by atoms with van der Waals surface area (Å²) in [5, 5.41) is 3.02. The summed E-state index contributed by atoms with van der Waals surface area (Å²) in [6, 6.07) is 22.3. The number of rotatable bonds is 9. The van der Waals surface area contributed by atoms with Crippen molar-refractivity contribution in [1.82, 2.24) is 4.90 Å². The first-order valence-electron chi connectivity index (χ1n) is 9.96. The first-order valence-corrected chi connectivity index (χ1v) is 9.96. The van der Waals surface area contributed by atoms with Crippen LogP contribution in [0.5, 0.6) is 17.2 Å². The van der Waals surface area contributed by atoms with Gasteiger partial charge in [-0.15, -0.1) is 0 Å². The van der Waals surface area contributed by atoms with E-state index in [-0.39, 0.29) is 5.91 Å². The lowest BCUT2D eigenvalue weighted by atomic mass is 10.0. The largest absolute Gasteiger partial charge is 0.497 e. The van der Waals surface area contributed by atoms with Crippen molar-refractivity contribution in [2.75, 3.05) is 33.7 Å². The predicted molar refractivity (Wildman–Crippen MR) is 122 cm³/mol. The molecular formula is C25H28N2O4. The third-order valence-electron chi connectivity index (χ3n) is 5.02. The van der Waals surface area contributed by atoms with Crippen molar-refractivity contribution in [2.24, 2.45) is 0 Å². The second kappa shape index (κ2) is 10.5. The molecule has 0 aliphatic carbocycles. The second-order valence-corrected chi connectivity index (χ2v) is 7.14. The number of carbonyl (C=O) groups excluding carboxylic acids is 1. The van der Waals surface area contributed by atoms with Gasteiger partial charge in [-0.05, 0) is 42.4 Å². The van der Waals surface area contributed by atoms with E-state index in [4.69, 9.17) is 14.2 Å². The van der Waals surface area contributed by atoms with Gasteiger partial charge in [0.15, 0.2) is 11.5 Å². The number of anilines is 1. The molecule has 0 bridgehead atoms. The number of benzene rings is 3. The second-order valence-electron chi connectivity index (χ2n) is 7.14. The third-order valence-corrected chi connectivity index (χ3v) is 5.02. The fourth-order valence-electron chi connectivity index (χ4n) is 3.51. The Morgan fingerprint density at radius 1 is 0.871 bits per heavy atom. The summed E-state index contributed by atoms with van der Waals surface area (Å²) in [5.41, 5.74) is 2.60. The number of nitrogens with one attached hydrogen (secondary N) is 1. The summed E-state index contributed by atoms with van der Waals surface area (Å²) in [6.45, 7) is 0.547. The number of amides is 1. The van der Waals surface area contributed by atoms with Crippen LogP contribution in [0.4, 0.5) is 5.69 Å². The van der Waals surface area contributed by atoms with Crippen molar-refractivity contribution in [3.63, 3.8) is 0 Å². The Labute approximate surface area is 183 Å². The topological polar surface area (TPSA) is 60.0 Å². The molecule has 0 spiro atoms. The molecule has 0 saturated heterocycles. The Bertz CT molecular complexity index is 1010. The minimum absolute atomic E-state index is 0.123. The Kier molecular flexibility index (Phi) is 7.51. The van der Waals surface area contributed by atoms with Gasteiger partial charge in [-0.3, -0.25) is 9.69 Å². The number of hydrogen-bond acceptors (Lipinski definition) is 5. The Morgan fingerprint density at radius 2 is 1.61 bits per heavy atom. The van der Waals surface area contributed by atoms with Gasteiger partial charge in [0.05, 0.1) is 21.3 Å². The molecule has 3 aromatic carbocycles. The fourth-order valence-corrected chi connectivity index (χ4v) is 3.51. The van der Waals surface area contributed by atoms with Gasteiger partial charge in [-0.1, -0.05) is 42.5 Å². The lowest BCUT2D eigenvalue weighted by Crippen LogP contribution is -2.34. The van der Waals surface area contributed by atoms with Crippen molar-refractivity contribution in [3.05, 3.63) is 83.9 Å². The summed E-state index contributed by atoms with van der Waals surface area (Å²) in [7, 11) is 6.75. The molecule has 0 aliphatic heterocycles. The number of carbonyl (C=O) groups is 1. The fraction of sp³-hybridized carbons (Fsp3) is 0.240. The summed E-state index contributed by atoms with van der Waals surface area (Å²) in [6.07, 6.45) is 0. The summed E-state index contributed by atoms with van der Waals surface area (Å²) in [5.74, 6) is 1.89. The van der Waals surface area contributed by atoms with E-state index >= 15 is 0 Å². The molecule has 0 aromatic heterocycles. The first kappa shape index (κ1) is 22.2. The van der Waals surface area contributed by atoms with Gasteiger partial charge < -0.3 is 19.5 Å². The van der Waals surface area contributed by atoms with Crippen LogP contribution < -0.4 is 19.5 Å². The van der Waals surface area contributed by atoms with Crippen molar-refractivity contribution >= 4 is 11.6 Å². The molecular weight excluding hydrogens is 392 g/mol. The van der Waals surface area contributed by atoms with E-state index in [1.165, 1.54) is 0 Å². The number of methoxy groups -OCH3 is 3. The van der Waals surface area contributed by atoms with Gasteiger partial charge in [-0.2, -0.15) is 0 Å². The summed E-state index contributed by atoms with van der Waals surface area (Å²) in [4.78, 5) is 15.3. The van der Waals surface area contributed by atoms with Crippen LogP contribution in [0.3, 0.4) is 0 Å². The van der Waals surface area contributed by atoms with Crippen molar-refractivity contribution < 1.29 is 19.0 Å². The molecule has 6 nitrogen and oxygen atoms in total. The molecule has 162 valence electrons. The standard InChI is InChI=1S/C25H28N2O4/c1-27(17-18-13-14-22(30-3)23(15-18)31-4)24(19-9-6-5-7-10-19)25(28)26-20-11-8-12-21(16-20)29-2/h5-16,24H,17H2,1-4H3,(H,26,28)/t24-/m0/s1. The zero-order valence-corrected chi connectivity index (χ0v) is 18.3. The predicted octanol–water partition coefficient (Wildman–Crippen LogP) is 4.52. The molecule has 3 rings (SSSR count). The molecule has 31 heavy (non-hydrogen) atoms. The van der Waals surface area contributed by atoms with E-state index in [1.807, 2.05) is 78.7 Å². The average molecular weight is 421 g/mol. The zero-order valence-electron chi connectivity index (χ0n) is 18.3. The lowest BCUT2D eigenvalue weighted by molar-refractivity contribution is -0.121. The first-order chi connectivity index (χ1) is 15.0. The maximum atomic E-state index is 13.3. The molecule has 0 aliphatic rings. The van der Waals surface area contributed by atoms with Crippen LogP contribution in [0.2, 0.25) is 0 Å². The molecule has 3 aromatic rings. The Balaban J connectivity index is 1.85. The quantitative estimate of drug-likeness (QED) is 0.551. The summed E-state index contributed by atoms with van der Waals surface area (Å²) < 4.78 is 16.0. The van der Waals surface area contributed by atoms with E-state index in [9.17, 15) is 4.79 Å². The zero-order chi connectivity index (χ0) is 22.2. The van der Waals surface area contributed by atoms with Crippen LogP contribution in [0.25, 0.3) is 0 Å². The Morgan fingerprint density at radius 3 is 2.29 bits per heavy atom. The monoisotopic (exact) mass is 420 g/mol. The van der Waals surface area contributed by atoms with Gasteiger partial charge in [0.2, 0.25) is 5.91 Å². The van der Waals surface area contributed by atoms with E-state index in [0.29, 0.717) is 29.5 Å². The van der Waals surface area contributed by atoms with Crippen LogP contribution in [0.15, 0.2) is 72.8 Å². The van der Waals surface area contributed by atoms with E-state index in [1.54, 1.807) is 27.4 Å². The van der Waals surface area contributed by atoms with Crippen LogP contribution >= 0.6 is 0 Å². The minimum Gasteiger partial charge on any atom is -0.497 e. The molecule has 1 atom stereocenters. The maximum absolute atomic E-state index is 13.3. The van der Waals surface area contributed by atoms with Gasteiger partial charge >= 0.3 is 0 Å². The SMILES string of the molecule is COc1cccc(NC(=O)[C@H](c2ccccc2)N(C)Cc2ccc(OC)c(OC)c2)c1. The van der Waals surface area contributed by atoms with Crippen LogP contribution in [-0.4, -0.2) is 39.2 Å². The molecule has 0 radical (unpaired) electrons. The molecule has 0 unspecified atom stereocenters. The molecule has 1 N–H and O–H groups in total. The van der Waals surface area contributed by atoms with Crippen LogP contribution in [0.1, 0.15) is 17.2 Å². The highest BCUT2D eigenvalue weighted by Gasteiger charge is 2.25. The van der Waals surface area contributed by atoms with Crippen molar-refractivity contribution in [3.8, 4) is 17.2 Å². The van der Waals surface area contributed by atoms with Gasteiger partial charge in [0.25, 0.3) is 0 Å². The molecule has 0 heterocycles. The van der Waals surface area contributed by atoms with Gasteiger partial charge in [0.1, 0.15) is 11.8 Å². The van der Waals surface area contributed by atoms with Crippen molar-refractivity contribution in [1.29, 1.82) is 0 Å². The molecule has 6 heteroatoms. The van der Waals surface area contributed by atoms with Crippen LogP contribution in [-0.2, 0) is 11.3 Å². The highest BCUT2D eigenvalue weighted by atomic mass is 16.5. The average Bonchev–Trinajstić information content (AvgIpc) is 2.79. The Hall–Kier alpha value is -3.51. The van der Waals surface area contributed by atoms with Gasteiger partial charge in [0, 0.05) is 18.3 Å². The lowest BCUT2D eigenvalue weighted by Gasteiger charge is -2.28. The highest BCUT2D eigenvalue weighted by molar-refractivity contribution is 5.95.